The number of rotatable bonds is 6. The first-order valence-electron chi connectivity index (χ1n) is 7.41. The molecule has 1 amide bonds. The Morgan fingerprint density at radius 3 is 2.65 bits per heavy atom. The normalized spacial score (nSPS) is 13.7. The average Bonchev–Trinajstić information content (AvgIpc) is 3.08. The van der Waals surface area contributed by atoms with Crippen molar-refractivity contribution in [1.82, 2.24) is 5.32 Å². The van der Waals surface area contributed by atoms with Gasteiger partial charge in [-0.15, -0.1) is 0 Å². The molecule has 1 aromatic rings. The second-order valence-corrected chi connectivity index (χ2v) is 5.23. The van der Waals surface area contributed by atoms with E-state index in [1.54, 1.807) is 6.07 Å². The Bertz CT molecular complexity index is 611. The fourth-order valence-corrected chi connectivity index (χ4v) is 2.53. The van der Waals surface area contributed by atoms with Crippen molar-refractivity contribution in [2.75, 3.05) is 31.6 Å². The number of non-ortho nitro benzene ring substituents is 1. The molecule has 1 heterocycles. The van der Waals surface area contributed by atoms with Crippen molar-refractivity contribution in [2.45, 2.75) is 19.3 Å². The maximum Gasteiger partial charge on any atom is 0.307 e. The molecule has 23 heavy (non-hydrogen) atoms. The summed E-state index contributed by atoms with van der Waals surface area (Å²) in [4.78, 5) is 35.9. The molecule has 0 spiro atoms. The molecule has 0 radical (unpaired) electrons. The molecule has 1 aliphatic rings. The summed E-state index contributed by atoms with van der Waals surface area (Å²) in [6, 6.07) is 4.29. The van der Waals surface area contributed by atoms with Gasteiger partial charge in [0.05, 0.1) is 29.7 Å². The molecule has 0 bridgehead atoms. The highest BCUT2D eigenvalue weighted by atomic mass is 16.6. The van der Waals surface area contributed by atoms with Crippen LogP contribution >= 0.6 is 0 Å². The van der Waals surface area contributed by atoms with Crippen LogP contribution in [-0.2, 0) is 9.53 Å². The minimum Gasteiger partial charge on any atom is -0.469 e. The molecular weight excluding hydrogens is 302 g/mol. The predicted molar refractivity (Wildman–Crippen MR) is 83.5 cm³/mol. The van der Waals surface area contributed by atoms with Gasteiger partial charge in [0.1, 0.15) is 0 Å². The number of ether oxygens (including phenoxy) is 1. The van der Waals surface area contributed by atoms with Crippen molar-refractivity contribution < 1.29 is 19.2 Å². The van der Waals surface area contributed by atoms with Gasteiger partial charge in [0, 0.05) is 31.8 Å². The highest BCUT2D eigenvalue weighted by Gasteiger charge is 2.22. The lowest BCUT2D eigenvalue weighted by molar-refractivity contribution is -0.384. The first kappa shape index (κ1) is 16.7. The number of carbonyl (C=O) groups excluding carboxylic acids is 2. The Labute approximate surface area is 133 Å². The van der Waals surface area contributed by atoms with E-state index in [9.17, 15) is 19.7 Å². The fraction of sp³-hybridized carbons (Fsp3) is 0.467. The van der Waals surface area contributed by atoms with Gasteiger partial charge in [-0.05, 0) is 18.9 Å². The predicted octanol–water partition coefficient (Wildman–Crippen LogP) is 1.49. The Kier molecular flexibility index (Phi) is 5.51. The van der Waals surface area contributed by atoms with E-state index in [2.05, 4.69) is 10.1 Å². The molecular formula is C15H19N3O5. The van der Waals surface area contributed by atoms with Crippen LogP contribution in [0.4, 0.5) is 11.4 Å². The van der Waals surface area contributed by atoms with Gasteiger partial charge < -0.3 is 15.0 Å². The van der Waals surface area contributed by atoms with Crippen molar-refractivity contribution >= 4 is 23.3 Å². The van der Waals surface area contributed by atoms with E-state index in [4.69, 9.17) is 0 Å². The smallest absolute Gasteiger partial charge is 0.307 e. The molecule has 124 valence electrons. The summed E-state index contributed by atoms with van der Waals surface area (Å²) in [6.07, 6.45) is 2.11. The van der Waals surface area contributed by atoms with Gasteiger partial charge in [-0.2, -0.15) is 0 Å². The van der Waals surface area contributed by atoms with Crippen LogP contribution in [0.2, 0.25) is 0 Å². The summed E-state index contributed by atoms with van der Waals surface area (Å²) < 4.78 is 4.51. The van der Waals surface area contributed by atoms with E-state index in [1.165, 1.54) is 19.2 Å². The van der Waals surface area contributed by atoms with Crippen LogP contribution in [0.3, 0.4) is 0 Å². The van der Waals surface area contributed by atoms with Crippen molar-refractivity contribution in [3.8, 4) is 0 Å². The molecule has 1 N–H and O–H groups in total. The Balaban J connectivity index is 2.18. The number of nitrogens with one attached hydrogen (secondary N) is 1. The van der Waals surface area contributed by atoms with Crippen LogP contribution in [-0.4, -0.2) is 43.5 Å². The van der Waals surface area contributed by atoms with Crippen molar-refractivity contribution in [1.29, 1.82) is 0 Å². The van der Waals surface area contributed by atoms with Crippen LogP contribution < -0.4 is 10.2 Å². The van der Waals surface area contributed by atoms with E-state index in [0.29, 0.717) is 5.69 Å². The van der Waals surface area contributed by atoms with E-state index in [0.717, 1.165) is 25.9 Å². The number of nitro benzene ring substituents is 1. The molecule has 1 fully saturated rings. The number of nitro groups is 1. The number of hydrogen-bond acceptors (Lipinski definition) is 6. The van der Waals surface area contributed by atoms with Crippen LogP contribution in [0, 0.1) is 10.1 Å². The SMILES string of the molecule is COC(=O)CCNC(=O)c1cc([N+](=O)[O-])ccc1N1CCCC1. The summed E-state index contributed by atoms with van der Waals surface area (Å²) >= 11 is 0. The van der Waals surface area contributed by atoms with Crippen LogP contribution in [0.15, 0.2) is 18.2 Å². The van der Waals surface area contributed by atoms with Gasteiger partial charge in [-0.3, -0.25) is 19.7 Å². The van der Waals surface area contributed by atoms with E-state index < -0.39 is 16.8 Å². The van der Waals surface area contributed by atoms with Gasteiger partial charge in [-0.1, -0.05) is 0 Å². The lowest BCUT2D eigenvalue weighted by Gasteiger charge is -2.20. The molecule has 8 nitrogen and oxygen atoms in total. The van der Waals surface area contributed by atoms with Crippen LogP contribution in [0.5, 0.6) is 0 Å². The zero-order chi connectivity index (χ0) is 16.8. The molecule has 1 saturated heterocycles. The number of methoxy groups -OCH3 is 1. The van der Waals surface area contributed by atoms with Crippen molar-refractivity contribution in [3.63, 3.8) is 0 Å². The minimum atomic E-state index is -0.529. The number of carbonyl (C=O) groups is 2. The lowest BCUT2D eigenvalue weighted by Crippen LogP contribution is -2.29. The summed E-state index contributed by atoms with van der Waals surface area (Å²) in [7, 11) is 1.27. The molecule has 1 aromatic carbocycles. The molecule has 0 saturated carbocycles. The standard InChI is InChI=1S/C15H19N3O5/c1-23-14(19)6-7-16-15(20)12-10-11(18(21)22)4-5-13(12)17-8-2-3-9-17/h4-5,10H,2-3,6-9H2,1H3,(H,16,20). The number of benzene rings is 1. The lowest BCUT2D eigenvalue weighted by atomic mass is 10.1. The maximum atomic E-state index is 12.4. The average molecular weight is 321 g/mol. The third-order valence-corrected chi connectivity index (χ3v) is 3.72. The summed E-state index contributed by atoms with van der Waals surface area (Å²) in [5.41, 5.74) is 0.806. The van der Waals surface area contributed by atoms with Crippen molar-refractivity contribution in [3.05, 3.63) is 33.9 Å². The molecule has 0 aliphatic carbocycles. The molecule has 0 unspecified atom stereocenters. The first-order valence-corrected chi connectivity index (χ1v) is 7.41. The van der Waals surface area contributed by atoms with Gasteiger partial charge in [0.15, 0.2) is 0 Å². The van der Waals surface area contributed by atoms with Gasteiger partial charge in [0.2, 0.25) is 0 Å². The highest BCUT2D eigenvalue weighted by molar-refractivity contribution is 6.00. The molecule has 8 heteroatoms. The number of anilines is 1. The van der Waals surface area contributed by atoms with Gasteiger partial charge in [-0.25, -0.2) is 0 Å². The van der Waals surface area contributed by atoms with Gasteiger partial charge in [0.25, 0.3) is 11.6 Å². The second-order valence-electron chi connectivity index (χ2n) is 5.23. The third-order valence-electron chi connectivity index (χ3n) is 3.72. The van der Waals surface area contributed by atoms with E-state index >= 15 is 0 Å². The van der Waals surface area contributed by atoms with E-state index in [1.807, 2.05) is 4.90 Å². The topological polar surface area (TPSA) is 102 Å². The molecule has 0 atom stereocenters. The number of hydrogen-bond donors (Lipinski definition) is 1. The maximum absolute atomic E-state index is 12.4. The Morgan fingerprint density at radius 1 is 1.35 bits per heavy atom. The highest BCUT2D eigenvalue weighted by Crippen LogP contribution is 2.28. The zero-order valence-electron chi connectivity index (χ0n) is 12.9. The van der Waals surface area contributed by atoms with Crippen LogP contribution in [0.25, 0.3) is 0 Å². The molecule has 0 aromatic heterocycles. The van der Waals surface area contributed by atoms with E-state index in [-0.39, 0.29) is 24.2 Å². The fourth-order valence-electron chi connectivity index (χ4n) is 2.53. The zero-order valence-corrected chi connectivity index (χ0v) is 12.9. The number of nitrogens with zero attached hydrogens (tertiary/aromatic N) is 2. The molecule has 2 rings (SSSR count). The van der Waals surface area contributed by atoms with Crippen LogP contribution in [0.1, 0.15) is 29.6 Å². The first-order chi connectivity index (χ1) is 11.0. The largest absolute Gasteiger partial charge is 0.469 e. The summed E-state index contributed by atoms with van der Waals surface area (Å²) in [5.74, 6) is -0.858. The van der Waals surface area contributed by atoms with Crippen molar-refractivity contribution in [2.24, 2.45) is 0 Å². The molecule has 1 aliphatic heterocycles. The number of esters is 1. The van der Waals surface area contributed by atoms with Gasteiger partial charge >= 0.3 is 5.97 Å². The second kappa shape index (κ2) is 7.57. The number of amides is 1. The minimum absolute atomic E-state index is 0.0518. The summed E-state index contributed by atoms with van der Waals surface area (Å²) in [5, 5.41) is 13.6. The monoisotopic (exact) mass is 321 g/mol. The summed E-state index contributed by atoms with van der Waals surface area (Å²) in [6.45, 7) is 1.76. The quantitative estimate of drug-likeness (QED) is 0.484. The third kappa shape index (κ3) is 4.18. The Morgan fingerprint density at radius 2 is 2.04 bits per heavy atom. The Hall–Kier alpha value is -2.64.